The van der Waals surface area contributed by atoms with Crippen LogP contribution in [-0.2, 0) is 6.42 Å². The van der Waals surface area contributed by atoms with Gasteiger partial charge in [0.25, 0.3) is 0 Å². The summed E-state index contributed by atoms with van der Waals surface area (Å²) < 4.78 is 0. The van der Waals surface area contributed by atoms with Crippen LogP contribution in [0.5, 0.6) is 0 Å². The van der Waals surface area contributed by atoms with E-state index in [1.165, 1.54) is 108 Å². The third-order valence-electron chi connectivity index (χ3n) is 6.31. The highest BCUT2D eigenvalue weighted by atomic mass is 16.4. The molecule has 0 amide bonds. The Balaban J connectivity index is 1.43. The van der Waals surface area contributed by atoms with E-state index in [9.17, 15) is 9.90 Å². The normalized spacial score (nSPS) is 11.4. The number of benzene rings is 1. The van der Waals surface area contributed by atoms with Crippen LogP contribution in [-0.4, -0.2) is 16.1 Å². The van der Waals surface area contributed by atoms with Crippen LogP contribution in [0.2, 0.25) is 0 Å². The van der Waals surface area contributed by atoms with Crippen LogP contribution in [0.25, 0.3) is 10.9 Å². The Labute approximate surface area is 183 Å². The molecule has 0 aliphatic rings. The van der Waals surface area contributed by atoms with Crippen molar-refractivity contribution in [2.24, 2.45) is 0 Å². The molecule has 1 aromatic heterocycles. The second kappa shape index (κ2) is 15.1. The van der Waals surface area contributed by atoms with Gasteiger partial charge in [-0.25, -0.2) is 4.79 Å². The zero-order valence-electron chi connectivity index (χ0n) is 19.2. The van der Waals surface area contributed by atoms with Crippen molar-refractivity contribution in [2.75, 3.05) is 0 Å². The standard InChI is InChI=1S/C27H43NO2/c1-2-3-4-5-6-7-8-9-10-11-12-13-14-15-16-17-18-24-22-28-26-20-19-23(27(29)30)21-25(24)26/h19-22,28H,2-18H2,1H3,(H,29,30). The third kappa shape index (κ3) is 9.36. The van der Waals surface area contributed by atoms with Gasteiger partial charge in [0.1, 0.15) is 0 Å². The van der Waals surface area contributed by atoms with Gasteiger partial charge < -0.3 is 10.1 Å². The first-order chi connectivity index (χ1) is 14.7. The number of carboxylic acids is 1. The predicted octanol–water partition coefficient (Wildman–Crippen LogP) is 8.67. The van der Waals surface area contributed by atoms with Gasteiger partial charge in [-0.2, -0.15) is 0 Å². The van der Waals surface area contributed by atoms with E-state index in [4.69, 9.17) is 0 Å². The summed E-state index contributed by atoms with van der Waals surface area (Å²) in [7, 11) is 0. The topological polar surface area (TPSA) is 53.1 Å². The van der Waals surface area contributed by atoms with E-state index in [0.29, 0.717) is 5.56 Å². The van der Waals surface area contributed by atoms with E-state index in [-0.39, 0.29) is 0 Å². The number of unbranched alkanes of at least 4 members (excludes halogenated alkanes) is 15. The predicted molar refractivity (Wildman–Crippen MR) is 129 cm³/mol. The fraction of sp³-hybridized carbons (Fsp3) is 0.667. The number of H-pyrrole nitrogens is 1. The summed E-state index contributed by atoms with van der Waals surface area (Å²) in [5, 5.41) is 10.3. The molecule has 0 fully saturated rings. The molecule has 0 aliphatic heterocycles. The minimum absolute atomic E-state index is 0.371. The number of carboxylic acid groups (broad SMARTS) is 1. The lowest BCUT2D eigenvalue weighted by atomic mass is 10.0. The molecule has 2 aromatic rings. The molecule has 168 valence electrons. The van der Waals surface area contributed by atoms with Crippen molar-refractivity contribution >= 4 is 16.9 Å². The average molecular weight is 414 g/mol. The molecule has 2 N–H and O–H groups in total. The van der Waals surface area contributed by atoms with Gasteiger partial charge in [0.05, 0.1) is 5.56 Å². The van der Waals surface area contributed by atoms with Gasteiger partial charge in [0.2, 0.25) is 0 Å². The van der Waals surface area contributed by atoms with Gasteiger partial charge in [0.15, 0.2) is 0 Å². The van der Waals surface area contributed by atoms with Gasteiger partial charge in [-0.05, 0) is 36.6 Å². The van der Waals surface area contributed by atoms with Crippen molar-refractivity contribution < 1.29 is 9.90 Å². The highest BCUT2D eigenvalue weighted by molar-refractivity contribution is 5.94. The fourth-order valence-corrected chi connectivity index (χ4v) is 4.38. The average Bonchev–Trinajstić information content (AvgIpc) is 3.15. The van der Waals surface area contributed by atoms with E-state index in [1.54, 1.807) is 12.1 Å². The van der Waals surface area contributed by atoms with E-state index in [2.05, 4.69) is 11.9 Å². The minimum atomic E-state index is -0.855. The Bertz CT molecular complexity index is 719. The number of hydrogen-bond donors (Lipinski definition) is 2. The molecule has 3 heteroatoms. The number of carbonyl (C=O) groups is 1. The first-order valence-corrected chi connectivity index (χ1v) is 12.6. The third-order valence-corrected chi connectivity index (χ3v) is 6.31. The second-order valence-electron chi connectivity index (χ2n) is 8.93. The number of hydrogen-bond acceptors (Lipinski definition) is 1. The van der Waals surface area contributed by atoms with Crippen molar-refractivity contribution in [3.8, 4) is 0 Å². The van der Waals surface area contributed by atoms with Gasteiger partial charge in [-0.15, -0.1) is 0 Å². The molecule has 0 unspecified atom stereocenters. The molecule has 0 radical (unpaired) electrons. The molecule has 3 nitrogen and oxygen atoms in total. The molecule has 0 saturated heterocycles. The van der Waals surface area contributed by atoms with Crippen LogP contribution in [0.4, 0.5) is 0 Å². The number of aromatic carboxylic acids is 1. The van der Waals surface area contributed by atoms with Crippen LogP contribution in [0.1, 0.15) is 126 Å². The van der Waals surface area contributed by atoms with Crippen LogP contribution in [0.3, 0.4) is 0 Å². The maximum absolute atomic E-state index is 11.2. The lowest BCUT2D eigenvalue weighted by molar-refractivity contribution is 0.0697. The molecule has 0 saturated carbocycles. The Hall–Kier alpha value is -1.77. The minimum Gasteiger partial charge on any atom is -0.478 e. The second-order valence-corrected chi connectivity index (χ2v) is 8.93. The van der Waals surface area contributed by atoms with E-state index in [0.717, 1.165) is 17.3 Å². The van der Waals surface area contributed by atoms with Crippen molar-refractivity contribution in [1.29, 1.82) is 0 Å². The maximum atomic E-state index is 11.2. The zero-order valence-corrected chi connectivity index (χ0v) is 19.2. The maximum Gasteiger partial charge on any atom is 0.335 e. The molecule has 0 spiro atoms. The summed E-state index contributed by atoms with van der Waals surface area (Å²) in [5.41, 5.74) is 2.65. The van der Waals surface area contributed by atoms with E-state index >= 15 is 0 Å². The summed E-state index contributed by atoms with van der Waals surface area (Å²) in [6, 6.07) is 5.34. The van der Waals surface area contributed by atoms with Crippen molar-refractivity contribution in [3.05, 3.63) is 35.5 Å². The largest absolute Gasteiger partial charge is 0.478 e. The number of aromatic amines is 1. The summed E-state index contributed by atoms with van der Waals surface area (Å²) in [4.78, 5) is 14.5. The summed E-state index contributed by atoms with van der Waals surface area (Å²) in [5.74, 6) is -0.855. The molecule has 0 atom stereocenters. The molecule has 1 heterocycles. The lowest BCUT2D eigenvalue weighted by Gasteiger charge is -2.04. The first kappa shape index (κ1) is 24.5. The van der Waals surface area contributed by atoms with Gasteiger partial charge >= 0.3 is 5.97 Å². The Morgan fingerprint density at radius 2 is 1.27 bits per heavy atom. The molecule has 0 aliphatic carbocycles. The first-order valence-electron chi connectivity index (χ1n) is 12.6. The van der Waals surface area contributed by atoms with Crippen LogP contribution >= 0.6 is 0 Å². The van der Waals surface area contributed by atoms with Crippen LogP contribution in [0, 0.1) is 0 Å². The number of aromatic nitrogens is 1. The molecular formula is C27H43NO2. The highest BCUT2D eigenvalue weighted by Gasteiger charge is 2.08. The summed E-state index contributed by atoms with van der Waals surface area (Å²) in [6.07, 6.45) is 25.2. The van der Waals surface area contributed by atoms with Gasteiger partial charge in [-0.1, -0.05) is 103 Å². The number of aryl methyl sites for hydroxylation is 1. The smallest absolute Gasteiger partial charge is 0.335 e. The quantitative estimate of drug-likeness (QED) is 0.240. The molecule has 1 aromatic carbocycles. The monoisotopic (exact) mass is 413 g/mol. The van der Waals surface area contributed by atoms with Crippen molar-refractivity contribution in [2.45, 2.75) is 116 Å². The highest BCUT2D eigenvalue weighted by Crippen LogP contribution is 2.22. The van der Waals surface area contributed by atoms with Crippen molar-refractivity contribution in [3.63, 3.8) is 0 Å². The summed E-state index contributed by atoms with van der Waals surface area (Å²) in [6.45, 7) is 2.28. The molecular weight excluding hydrogens is 370 g/mol. The summed E-state index contributed by atoms with van der Waals surface area (Å²) >= 11 is 0. The Morgan fingerprint density at radius 1 is 0.767 bits per heavy atom. The van der Waals surface area contributed by atoms with Gasteiger partial charge in [0, 0.05) is 17.1 Å². The zero-order chi connectivity index (χ0) is 21.4. The van der Waals surface area contributed by atoms with Crippen LogP contribution < -0.4 is 0 Å². The Morgan fingerprint density at radius 3 is 1.77 bits per heavy atom. The molecule has 2 rings (SSSR count). The van der Waals surface area contributed by atoms with Gasteiger partial charge in [-0.3, -0.25) is 0 Å². The van der Waals surface area contributed by atoms with E-state index in [1.807, 2.05) is 12.3 Å². The number of rotatable bonds is 18. The molecule has 30 heavy (non-hydrogen) atoms. The lowest BCUT2D eigenvalue weighted by Crippen LogP contribution is -1.95. The number of fused-ring (bicyclic) bond motifs is 1. The molecule has 0 bridgehead atoms. The Kier molecular flexibility index (Phi) is 12.3. The fourth-order valence-electron chi connectivity index (χ4n) is 4.38. The van der Waals surface area contributed by atoms with E-state index < -0.39 is 5.97 Å². The van der Waals surface area contributed by atoms with Crippen molar-refractivity contribution in [1.82, 2.24) is 4.98 Å². The number of nitrogens with one attached hydrogen (secondary N) is 1. The SMILES string of the molecule is CCCCCCCCCCCCCCCCCCc1c[nH]c2ccc(C(=O)O)cc12. The van der Waals surface area contributed by atoms with Crippen LogP contribution in [0.15, 0.2) is 24.4 Å².